The Kier molecular flexibility index (Phi) is 4.86. The molecule has 2 rings (SSSR count). The van der Waals surface area contributed by atoms with E-state index in [1.165, 1.54) is 19.0 Å². The predicted octanol–water partition coefficient (Wildman–Crippen LogP) is 0.335. The van der Waals surface area contributed by atoms with Gasteiger partial charge >= 0.3 is 5.97 Å². The van der Waals surface area contributed by atoms with Crippen molar-refractivity contribution in [2.45, 2.75) is 19.4 Å². The molecule has 7 nitrogen and oxygen atoms in total. The lowest BCUT2D eigenvalue weighted by molar-refractivity contribution is 0.0690. The molecule has 1 unspecified atom stereocenters. The van der Waals surface area contributed by atoms with Gasteiger partial charge in [-0.15, -0.1) is 5.10 Å². The van der Waals surface area contributed by atoms with Crippen LogP contribution in [0.1, 0.15) is 23.3 Å². The van der Waals surface area contributed by atoms with Crippen LogP contribution in [0.3, 0.4) is 0 Å². The molecule has 0 aliphatic carbocycles. The van der Waals surface area contributed by atoms with Crippen LogP contribution in [0, 0.1) is 5.92 Å². The Morgan fingerprint density at radius 2 is 2.42 bits per heavy atom. The average Bonchev–Trinajstić information content (AvgIpc) is 2.86. The van der Waals surface area contributed by atoms with Crippen LogP contribution in [0.5, 0.6) is 0 Å². The van der Waals surface area contributed by atoms with Gasteiger partial charge in [0.1, 0.15) is 0 Å². The molecule has 1 aromatic heterocycles. The molecule has 1 atom stereocenters. The first-order valence-corrected chi connectivity index (χ1v) is 6.53. The largest absolute Gasteiger partial charge is 0.476 e. The zero-order chi connectivity index (χ0) is 13.7. The van der Waals surface area contributed by atoms with Gasteiger partial charge in [-0.1, -0.05) is 5.21 Å². The molecule has 0 spiro atoms. The van der Waals surface area contributed by atoms with Crippen LogP contribution in [0.25, 0.3) is 0 Å². The maximum Gasteiger partial charge on any atom is 0.358 e. The highest BCUT2D eigenvalue weighted by Gasteiger charge is 2.19. The molecule has 19 heavy (non-hydrogen) atoms. The number of aromatic carboxylic acids is 1. The summed E-state index contributed by atoms with van der Waals surface area (Å²) in [6.07, 6.45) is 3.88. The molecule has 1 N–H and O–H groups in total. The SMILES string of the molecule is COCC1CCCN(CCn2cc(C(=O)O)nn2)C1. The molecule has 1 aromatic rings. The van der Waals surface area contributed by atoms with Crippen molar-refractivity contribution < 1.29 is 14.6 Å². The molecule has 0 saturated carbocycles. The highest BCUT2D eigenvalue weighted by molar-refractivity contribution is 5.84. The maximum absolute atomic E-state index is 10.7. The molecule has 1 fully saturated rings. The fraction of sp³-hybridized carbons (Fsp3) is 0.750. The Morgan fingerprint density at radius 3 is 3.11 bits per heavy atom. The monoisotopic (exact) mass is 268 g/mol. The van der Waals surface area contributed by atoms with Gasteiger partial charge in [0, 0.05) is 20.2 Å². The molecule has 0 radical (unpaired) electrons. The fourth-order valence-electron chi connectivity index (χ4n) is 2.48. The molecule has 0 aromatic carbocycles. The number of hydrogen-bond acceptors (Lipinski definition) is 5. The second-order valence-electron chi connectivity index (χ2n) is 4.94. The first kappa shape index (κ1) is 14.0. The van der Waals surface area contributed by atoms with Crippen molar-refractivity contribution in [1.29, 1.82) is 0 Å². The lowest BCUT2D eigenvalue weighted by Crippen LogP contribution is -2.38. The third kappa shape index (κ3) is 4.00. The highest BCUT2D eigenvalue weighted by Crippen LogP contribution is 2.16. The van der Waals surface area contributed by atoms with Crippen molar-refractivity contribution in [3.8, 4) is 0 Å². The lowest BCUT2D eigenvalue weighted by Gasteiger charge is -2.32. The van der Waals surface area contributed by atoms with Gasteiger partial charge in [-0.2, -0.15) is 0 Å². The number of methoxy groups -OCH3 is 1. The van der Waals surface area contributed by atoms with Gasteiger partial charge in [-0.05, 0) is 25.3 Å². The van der Waals surface area contributed by atoms with E-state index in [4.69, 9.17) is 9.84 Å². The number of piperidine rings is 1. The van der Waals surface area contributed by atoms with Crippen LogP contribution >= 0.6 is 0 Å². The minimum atomic E-state index is -1.04. The summed E-state index contributed by atoms with van der Waals surface area (Å²) in [4.78, 5) is 13.1. The second kappa shape index (κ2) is 6.63. The average molecular weight is 268 g/mol. The van der Waals surface area contributed by atoms with E-state index in [9.17, 15) is 4.79 Å². The third-order valence-electron chi connectivity index (χ3n) is 3.41. The molecule has 1 aliphatic heterocycles. The van der Waals surface area contributed by atoms with Crippen LogP contribution in [-0.2, 0) is 11.3 Å². The zero-order valence-corrected chi connectivity index (χ0v) is 11.2. The Bertz CT molecular complexity index is 419. The maximum atomic E-state index is 10.7. The summed E-state index contributed by atoms with van der Waals surface area (Å²) in [5.74, 6) is -0.437. The minimum Gasteiger partial charge on any atom is -0.476 e. The number of carboxylic acids is 1. The summed E-state index contributed by atoms with van der Waals surface area (Å²) in [5.41, 5.74) is -0.00379. The smallest absolute Gasteiger partial charge is 0.358 e. The van der Waals surface area contributed by atoms with E-state index in [0.717, 1.165) is 26.2 Å². The van der Waals surface area contributed by atoms with Crippen LogP contribution in [-0.4, -0.2) is 64.3 Å². The first-order valence-electron chi connectivity index (χ1n) is 6.53. The first-order chi connectivity index (χ1) is 9.19. The molecule has 0 bridgehead atoms. The van der Waals surface area contributed by atoms with Crippen LogP contribution in [0.2, 0.25) is 0 Å². The number of carbonyl (C=O) groups is 1. The van der Waals surface area contributed by atoms with E-state index in [1.54, 1.807) is 11.8 Å². The molecule has 1 saturated heterocycles. The van der Waals surface area contributed by atoms with E-state index in [1.807, 2.05) is 0 Å². The Labute approximate surface area is 112 Å². The van der Waals surface area contributed by atoms with E-state index in [-0.39, 0.29) is 5.69 Å². The number of hydrogen-bond donors (Lipinski definition) is 1. The van der Waals surface area contributed by atoms with E-state index in [2.05, 4.69) is 15.2 Å². The van der Waals surface area contributed by atoms with Gasteiger partial charge in [0.2, 0.25) is 0 Å². The van der Waals surface area contributed by atoms with Crippen LogP contribution < -0.4 is 0 Å². The van der Waals surface area contributed by atoms with Crippen molar-refractivity contribution in [1.82, 2.24) is 19.9 Å². The lowest BCUT2D eigenvalue weighted by atomic mass is 9.99. The van der Waals surface area contributed by atoms with Crippen LogP contribution in [0.4, 0.5) is 0 Å². The van der Waals surface area contributed by atoms with Crippen molar-refractivity contribution in [3.05, 3.63) is 11.9 Å². The Balaban J connectivity index is 1.79. The quantitative estimate of drug-likeness (QED) is 0.801. The van der Waals surface area contributed by atoms with Gasteiger partial charge < -0.3 is 14.7 Å². The highest BCUT2D eigenvalue weighted by atomic mass is 16.5. The Hall–Kier alpha value is -1.47. The number of ether oxygens (including phenoxy) is 1. The van der Waals surface area contributed by atoms with Gasteiger partial charge in [0.05, 0.1) is 19.3 Å². The number of likely N-dealkylation sites (tertiary alicyclic amines) is 1. The molecule has 106 valence electrons. The van der Waals surface area contributed by atoms with Gasteiger partial charge in [0.25, 0.3) is 0 Å². The molecule has 2 heterocycles. The Morgan fingerprint density at radius 1 is 1.58 bits per heavy atom. The van der Waals surface area contributed by atoms with Crippen molar-refractivity contribution in [2.75, 3.05) is 33.4 Å². The van der Waals surface area contributed by atoms with Gasteiger partial charge in [0.15, 0.2) is 5.69 Å². The minimum absolute atomic E-state index is 0.00379. The van der Waals surface area contributed by atoms with Gasteiger partial charge in [-0.25, -0.2) is 4.79 Å². The second-order valence-corrected chi connectivity index (χ2v) is 4.94. The molecule has 0 amide bonds. The van der Waals surface area contributed by atoms with Crippen molar-refractivity contribution in [3.63, 3.8) is 0 Å². The van der Waals surface area contributed by atoms with Crippen LogP contribution in [0.15, 0.2) is 6.20 Å². The zero-order valence-electron chi connectivity index (χ0n) is 11.2. The van der Waals surface area contributed by atoms with Crippen molar-refractivity contribution in [2.24, 2.45) is 5.92 Å². The fourth-order valence-corrected chi connectivity index (χ4v) is 2.48. The number of nitrogens with zero attached hydrogens (tertiary/aromatic N) is 4. The summed E-state index contributed by atoms with van der Waals surface area (Å²) < 4.78 is 6.79. The molecular formula is C12H20N4O3. The predicted molar refractivity (Wildman–Crippen MR) is 68.0 cm³/mol. The molecular weight excluding hydrogens is 248 g/mol. The normalized spacial score (nSPS) is 20.6. The number of carboxylic acid groups (broad SMARTS) is 1. The number of rotatable bonds is 6. The van der Waals surface area contributed by atoms with E-state index >= 15 is 0 Å². The third-order valence-corrected chi connectivity index (χ3v) is 3.41. The summed E-state index contributed by atoms with van der Waals surface area (Å²) >= 11 is 0. The standard InChI is InChI=1S/C12H20N4O3/c1-19-9-10-3-2-4-15(7-10)5-6-16-8-11(12(17)18)13-14-16/h8,10H,2-7,9H2,1H3,(H,17,18). The summed E-state index contributed by atoms with van der Waals surface area (Å²) in [6, 6.07) is 0. The van der Waals surface area contributed by atoms with E-state index < -0.39 is 5.97 Å². The molecule has 1 aliphatic rings. The summed E-state index contributed by atoms with van der Waals surface area (Å²) in [7, 11) is 1.74. The number of aromatic nitrogens is 3. The van der Waals surface area contributed by atoms with Crippen molar-refractivity contribution >= 4 is 5.97 Å². The topological polar surface area (TPSA) is 80.5 Å². The summed E-state index contributed by atoms with van der Waals surface area (Å²) in [5, 5.41) is 16.2. The van der Waals surface area contributed by atoms with Gasteiger partial charge in [-0.3, -0.25) is 4.68 Å². The molecule has 7 heteroatoms. The van der Waals surface area contributed by atoms with E-state index in [0.29, 0.717) is 12.5 Å². The summed E-state index contributed by atoms with van der Waals surface area (Å²) in [6.45, 7) is 4.46.